The fourth-order valence-corrected chi connectivity index (χ4v) is 4.67. The topological polar surface area (TPSA) is 73.8 Å². The summed E-state index contributed by atoms with van der Waals surface area (Å²) in [5, 5.41) is 6.56. The van der Waals surface area contributed by atoms with Crippen molar-refractivity contribution in [1.82, 2.24) is 15.5 Å². The van der Waals surface area contributed by atoms with Crippen LogP contribution >= 0.6 is 24.0 Å². The number of rotatable bonds is 10. The van der Waals surface area contributed by atoms with Gasteiger partial charge < -0.3 is 10.6 Å². The molecule has 0 aromatic heterocycles. The van der Waals surface area contributed by atoms with Crippen LogP contribution in [0.3, 0.4) is 0 Å². The molecular formula is C20H37IN4O2S. The van der Waals surface area contributed by atoms with E-state index in [4.69, 9.17) is 0 Å². The largest absolute Gasteiger partial charge is 0.355 e. The van der Waals surface area contributed by atoms with Crippen LogP contribution in [0.5, 0.6) is 0 Å². The molecule has 0 aliphatic carbocycles. The van der Waals surface area contributed by atoms with Gasteiger partial charge >= 0.3 is 0 Å². The molecule has 0 spiro atoms. The lowest BCUT2D eigenvalue weighted by Gasteiger charge is -2.31. The second kappa shape index (κ2) is 13.4. The minimum absolute atomic E-state index is 0. The second-order valence-electron chi connectivity index (χ2n) is 7.27. The van der Waals surface area contributed by atoms with Gasteiger partial charge in [-0.1, -0.05) is 25.1 Å². The lowest BCUT2D eigenvalue weighted by atomic mass is 10.2. The van der Waals surface area contributed by atoms with Crippen molar-refractivity contribution >= 4 is 39.8 Å². The second-order valence-corrected chi connectivity index (χ2v) is 9.30. The van der Waals surface area contributed by atoms with E-state index in [0.29, 0.717) is 29.4 Å². The van der Waals surface area contributed by atoms with E-state index in [9.17, 15) is 8.42 Å². The van der Waals surface area contributed by atoms with Crippen LogP contribution in [0.2, 0.25) is 0 Å². The van der Waals surface area contributed by atoms with Crippen molar-refractivity contribution in [2.24, 2.45) is 4.99 Å². The normalized spacial score (nSPS) is 13.5. The van der Waals surface area contributed by atoms with E-state index in [1.165, 1.54) is 0 Å². The summed E-state index contributed by atoms with van der Waals surface area (Å²) in [5.74, 6) is 0.677. The highest BCUT2D eigenvalue weighted by molar-refractivity contribution is 14.0. The van der Waals surface area contributed by atoms with Crippen LogP contribution < -0.4 is 10.6 Å². The highest BCUT2D eigenvalue weighted by atomic mass is 127. The first-order chi connectivity index (χ1) is 12.7. The zero-order chi connectivity index (χ0) is 20.4. The monoisotopic (exact) mass is 524 g/mol. The number of guanidine groups is 1. The van der Waals surface area contributed by atoms with E-state index in [0.717, 1.165) is 13.1 Å². The third-order valence-electron chi connectivity index (χ3n) is 4.57. The number of nitrogens with zero attached hydrogens (tertiary/aromatic N) is 2. The van der Waals surface area contributed by atoms with E-state index < -0.39 is 9.84 Å². The maximum Gasteiger partial charge on any atom is 0.191 e. The van der Waals surface area contributed by atoms with Crippen molar-refractivity contribution in [2.75, 3.05) is 25.9 Å². The van der Waals surface area contributed by atoms with Gasteiger partial charge in [0.05, 0.1) is 10.6 Å². The molecule has 1 unspecified atom stereocenters. The fraction of sp³-hybridized carbons (Fsp3) is 0.650. The fourth-order valence-electron chi connectivity index (χ4n) is 3.05. The van der Waals surface area contributed by atoms with Gasteiger partial charge in [0.25, 0.3) is 0 Å². The van der Waals surface area contributed by atoms with Crippen LogP contribution in [-0.2, 0) is 9.84 Å². The third kappa shape index (κ3) is 9.09. The molecule has 0 aliphatic rings. The zero-order valence-corrected chi connectivity index (χ0v) is 21.1. The summed E-state index contributed by atoms with van der Waals surface area (Å²) in [4.78, 5) is 7.01. The summed E-state index contributed by atoms with van der Waals surface area (Å²) in [7, 11) is -1.63. The average Bonchev–Trinajstić information content (AvgIpc) is 2.63. The molecule has 28 heavy (non-hydrogen) atoms. The molecule has 0 radical (unpaired) electrons. The predicted molar refractivity (Wildman–Crippen MR) is 129 cm³/mol. The summed E-state index contributed by atoms with van der Waals surface area (Å²) in [6, 6.07) is 9.34. The van der Waals surface area contributed by atoms with Crippen LogP contribution in [-0.4, -0.2) is 63.3 Å². The summed E-state index contributed by atoms with van der Waals surface area (Å²) in [6.07, 6.45) is 0.691. The first-order valence-corrected chi connectivity index (χ1v) is 11.4. The van der Waals surface area contributed by atoms with E-state index in [1.807, 2.05) is 13.0 Å². The SMILES string of the molecule is CCC(CS(=O)(=O)c1ccccc1)NC(=NC)NCCN(C(C)C)C(C)C.I. The summed E-state index contributed by atoms with van der Waals surface area (Å²) in [5.41, 5.74) is 0. The van der Waals surface area contributed by atoms with Crippen LogP contribution in [0.1, 0.15) is 41.0 Å². The Hall–Kier alpha value is -0.870. The molecule has 0 saturated carbocycles. The lowest BCUT2D eigenvalue weighted by molar-refractivity contribution is 0.178. The van der Waals surface area contributed by atoms with Gasteiger partial charge in [0.1, 0.15) is 0 Å². The zero-order valence-electron chi connectivity index (χ0n) is 18.0. The van der Waals surface area contributed by atoms with Gasteiger partial charge in [0.2, 0.25) is 0 Å². The Bertz CT molecular complexity index is 671. The third-order valence-corrected chi connectivity index (χ3v) is 6.40. The first kappa shape index (κ1) is 27.1. The van der Waals surface area contributed by atoms with Crippen molar-refractivity contribution in [3.05, 3.63) is 30.3 Å². The number of halogens is 1. The molecule has 0 fully saturated rings. The van der Waals surface area contributed by atoms with E-state index >= 15 is 0 Å². The van der Waals surface area contributed by atoms with Crippen LogP contribution in [0, 0.1) is 0 Å². The molecule has 162 valence electrons. The smallest absolute Gasteiger partial charge is 0.191 e. The van der Waals surface area contributed by atoms with Crippen molar-refractivity contribution < 1.29 is 8.42 Å². The molecule has 1 atom stereocenters. The number of sulfone groups is 1. The summed E-state index contributed by atoms with van der Waals surface area (Å²) < 4.78 is 25.2. The molecule has 0 saturated heterocycles. The Morgan fingerprint density at radius 1 is 1.11 bits per heavy atom. The van der Waals surface area contributed by atoms with Crippen molar-refractivity contribution in [1.29, 1.82) is 0 Å². The van der Waals surface area contributed by atoms with Gasteiger partial charge in [-0.15, -0.1) is 24.0 Å². The van der Waals surface area contributed by atoms with Crippen LogP contribution in [0.15, 0.2) is 40.2 Å². The van der Waals surface area contributed by atoms with Gasteiger partial charge in [0.15, 0.2) is 15.8 Å². The molecule has 1 aromatic rings. The Morgan fingerprint density at radius 3 is 2.14 bits per heavy atom. The molecule has 0 heterocycles. The van der Waals surface area contributed by atoms with Crippen molar-refractivity contribution in [3.8, 4) is 0 Å². The number of hydrogen-bond acceptors (Lipinski definition) is 4. The van der Waals surface area contributed by atoms with E-state index in [2.05, 4.69) is 48.2 Å². The maximum atomic E-state index is 12.6. The van der Waals surface area contributed by atoms with Crippen LogP contribution in [0.25, 0.3) is 0 Å². The highest BCUT2D eigenvalue weighted by Gasteiger charge is 2.21. The highest BCUT2D eigenvalue weighted by Crippen LogP contribution is 2.12. The Balaban J connectivity index is 0.00000729. The van der Waals surface area contributed by atoms with Gasteiger partial charge in [-0.05, 0) is 46.2 Å². The molecule has 6 nitrogen and oxygen atoms in total. The number of hydrogen-bond donors (Lipinski definition) is 2. The maximum absolute atomic E-state index is 12.6. The van der Waals surface area contributed by atoms with Crippen molar-refractivity contribution in [3.63, 3.8) is 0 Å². The minimum Gasteiger partial charge on any atom is -0.355 e. The van der Waals surface area contributed by atoms with Crippen molar-refractivity contribution in [2.45, 2.75) is 64.1 Å². The predicted octanol–water partition coefficient (Wildman–Crippen LogP) is 3.14. The Kier molecular flexibility index (Phi) is 13.0. The molecule has 2 N–H and O–H groups in total. The lowest BCUT2D eigenvalue weighted by Crippen LogP contribution is -2.49. The standard InChI is InChI=1S/C20H36N4O2S.HI/c1-7-18(15-27(25,26)19-11-9-8-10-12-19)23-20(21-6)22-13-14-24(16(2)3)17(4)5;/h8-12,16-18H,7,13-15H2,1-6H3,(H2,21,22,23);1H. The minimum atomic E-state index is -3.34. The van der Waals surface area contributed by atoms with E-state index in [-0.39, 0.29) is 35.8 Å². The Morgan fingerprint density at radius 2 is 1.68 bits per heavy atom. The van der Waals surface area contributed by atoms with Gasteiger partial charge in [0, 0.05) is 38.3 Å². The van der Waals surface area contributed by atoms with Crippen LogP contribution in [0.4, 0.5) is 0 Å². The average molecular weight is 525 g/mol. The summed E-state index contributed by atoms with van der Waals surface area (Å²) >= 11 is 0. The van der Waals surface area contributed by atoms with Gasteiger partial charge in [-0.3, -0.25) is 9.89 Å². The first-order valence-electron chi connectivity index (χ1n) is 9.72. The number of aliphatic imine (C=N–C) groups is 1. The molecule has 1 aromatic carbocycles. The molecule has 1 rings (SSSR count). The number of benzene rings is 1. The molecule has 0 aliphatic heterocycles. The summed E-state index contributed by atoms with van der Waals surface area (Å²) in [6.45, 7) is 12.4. The van der Waals surface area contributed by atoms with E-state index in [1.54, 1.807) is 31.3 Å². The molecule has 8 heteroatoms. The number of nitrogens with one attached hydrogen (secondary N) is 2. The molecule has 0 amide bonds. The quantitative estimate of drug-likeness (QED) is 0.280. The van der Waals surface area contributed by atoms with Gasteiger partial charge in [-0.25, -0.2) is 8.42 Å². The molecular weight excluding hydrogens is 487 g/mol. The van der Waals surface area contributed by atoms with Gasteiger partial charge in [-0.2, -0.15) is 0 Å². The Labute approximate surface area is 188 Å². The molecule has 0 bridgehead atoms.